The highest BCUT2D eigenvalue weighted by atomic mass is 16.3. The molecule has 1 heterocycles. The van der Waals surface area contributed by atoms with E-state index in [1.165, 1.54) is 12.5 Å². The highest BCUT2D eigenvalue weighted by Gasteiger charge is 2.21. The summed E-state index contributed by atoms with van der Waals surface area (Å²) in [6.07, 6.45) is 2.99. The van der Waals surface area contributed by atoms with E-state index in [-0.39, 0.29) is 5.54 Å². The molecule has 1 N–H and O–H groups in total. The van der Waals surface area contributed by atoms with Crippen LogP contribution in [-0.2, 0) is 0 Å². The van der Waals surface area contributed by atoms with Crippen LogP contribution in [0.5, 0.6) is 0 Å². The minimum Gasteiger partial charge on any atom is -0.446 e. The predicted octanol–water partition coefficient (Wildman–Crippen LogP) is 1.63. The lowest BCUT2D eigenvalue weighted by Gasteiger charge is -2.22. The van der Waals surface area contributed by atoms with Crippen LogP contribution in [0.25, 0.3) is 0 Å². The molecular weight excluding hydrogens is 166 g/mol. The first kappa shape index (κ1) is 9.75. The molecule has 0 aromatic carbocycles. The van der Waals surface area contributed by atoms with E-state index in [9.17, 15) is 0 Å². The lowest BCUT2D eigenvalue weighted by atomic mass is 10.1. The Hall–Kier alpha value is -1.34. The van der Waals surface area contributed by atoms with Crippen molar-refractivity contribution in [1.82, 2.24) is 10.3 Å². The topological polar surface area (TPSA) is 61.9 Å². The summed E-state index contributed by atoms with van der Waals surface area (Å²) in [6, 6.07) is 1.62. The Morgan fingerprint density at radius 1 is 1.62 bits per heavy atom. The van der Waals surface area contributed by atoms with E-state index in [0.29, 0.717) is 5.89 Å². The van der Waals surface area contributed by atoms with Crippen LogP contribution in [0.2, 0.25) is 0 Å². The Balaban J connectivity index is 2.72. The van der Waals surface area contributed by atoms with Crippen molar-refractivity contribution in [2.45, 2.75) is 32.4 Å². The van der Waals surface area contributed by atoms with Crippen LogP contribution in [0.3, 0.4) is 0 Å². The summed E-state index contributed by atoms with van der Waals surface area (Å²) in [4.78, 5) is 3.92. The van der Waals surface area contributed by atoms with Crippen LogP contribution in [0.4, 0.5) is 0 Å². The van der Waals surface area contributed by atoms with Gasteiger partial charge in [-0.1, -0.05) is 0 Å². The molecular formula is C9H13N3O. The van der Waals surface area contributed by atoms with Crippen LogP contribution in [0, 0.1) is 11.3 Å². The minimum absolute atomic E-state index is 0.130. The molecule has 0 amide bonds. The van der Waals surface area contributed by atoms with Gasteiger partial charge >= 0.3 is 0 Å². The smallest absolute Gasteiger partial charge is 0.225 e. The first-order valence-electron chi connectivity index (χ1n) is 4.09. The summed E-state index contributed by atoms with van der Waals surface area (Å²) in [7, 11) is 0. The summed E-state index contributed by atoms with van der Waals surface area (Å²) in [5.41, 5.74) is -0.130. The van der Waals surface area contributed by atoms with Gasteiger partial charge in [0.05, 0.1) is 12.3 Å². The van der Waals surface area contributed by atoms with Gasteiger partial charge in [-0.2, -0.15) is 5.26 Å². The molecule has 0 aliphatic carbocycles. The summed E-state index contributed by atoms with van der Waals surface area (Å²) < 4.78 is 5.04. The van der Waals surface area contributed by atoms with E-state index >= 15 is 0 Å². The van der Waals surface area contributed by atoms with Crippen molar-refractivity contribution in [3.63, 3.8) is 0 Å². The standard InChI is InChI=1S/C9H13N3O/c1-9(2,3)12-7(6-10)8-11-4-5-13-8/h4-5,7,12H,1-3H3. The Kier molecular flexibility index (Phi) is 2.69. The molecule has 4 nitrogen and oxygen atoms in total. The molecule has 1 aromatic heterocycles. The zero-order valence-corrected chi connectivity index (χ0v) is 8.03. The Labute approximate surface area is 77.6 Å². The van der Waals surface area contributed by atoms with Gasteiger partial charge in [-0.3, -0.25) is 5.32 Å². The van der Waals surface area contributed by atoms with Crippen molar-refractivity contribution in [3.8, 4) is 6.07 Å². The van der Waals surface area contributed by atoms with E-state index < -0.39 is 6.04 Å². The molecule has 1 atom stereocenters. The number of aromatic nitrogens is 1. The van der Waals surface area contributed by atoms with Crippen LogP contribution in [0.1, 0.15) is 32.7 Å². The number of rotatable bonds is 2. The minimum atomic E-state index is -0.477. The van der Waals surface area contributed by atoms with Gasteiger partial charge in [-0.15, -0.1) is 0 Å². The van der Waals surface area contributed by atoms with Crippen LogP contribution >= 0.6 is 0 Å². The van der Waals surface area contributed by atoms with E-state index in [0.717, 1.165) is 0 Å². The summed E-state index contributed by atoms with van der Waals surface area (Å²) in [6.45, 7) is 5.96. The Morgan fingerprint density at radius 2 is 2.31 bits per heavy atom. The molecule has 0 aliphatic rings. The zero-order chi connectivity index (χ0) is 9.90. The van der Waals surface area contributed by atoms with Crippen LogP contribution in [0.15, 0.2) is 16.9 Å². The van der Waals surface area contributed by atoms with Gasteiger partial charge in [0.2, 0.25) is 5.89 Å². The maximum Gasteiger partial charge on any atom is 0.225 e. The van der Waals surface area contributed by atoms with Gasteiger partial charge in [-0.05, 0) is 20.8 Å². The number of nitrogens with zero attached hydrogens (tertiary/aromatic N) is 2. The number of nitriles is 1. The lowest BCUT2D eigenvalue weighted by Crippen LogP contribution is -2.38. The molecule has 0 aliphatic heterocycles. The number of hydrogen-bond donors (Lipinski definition) is 1. The Bertz CT molecular complexity index is 292. The molecule has 13 heavy (non-hydrogen) atoms. The van der Waals surface area contributed by atoms with Gasteiger partial charge in [0.25, 0.3) is 0 Å². The number of hydrogen-bond acceptors (Lipinski definition) is 4. The largest absolute Gasteiger partial charge is 0.446 e. The number of oxazole rings is 1. The monoisotopic (exact) mass is 179 g/mol. The van der Waals surface area contributed by atoms with Crippen molar-refractivity contribution in [2.24, 2.45) is 0 Å². The van der Waals surface area contributed by atoms with Crippen LogP contribution in [-0.4, -0.2) is 10.5 Å². The average Bonchev–Trinajstić information content (AvgIpc) is 2.50. The third-order valence-electron chi connectivity index (χ3n) is 1.40. The fourth-order valence-electron chi connectivity index (χ4n) is 0.959. The SMILES string of the molecule is CC(C)(C)NC(C#N)c1ncco1. The van der Waals surface area contributed by atoms with Crippen molar-refractivity contribution in [1.29, 1.82) is 5.26 Å². The second-order valence-electron chi connectivity index (χ2n) is 3.83. The third-order valence-corrected chi connectivity index (χ3v) is 1.40. The van der Waals surface area contributed by atoms with Gasteiger partial charge in [0.1, 0.15) is 6.26 Å². The van der Waals surface area contributed by atoms with Crippen molar-refractivity contribution in [3.05, 3.63) is 18.4 Å². The Morgan fingerprint density at radius 3 is 2.69 bits per heavy atom. The molecule has 1 aromatic rings. The van der Waals surface area contributed by atoms with E-state index in [1.807, 2.05) is 20.8 Å². The van der Waals surface area contributed by atoms with E-state index in [1.54, 1.807) is 0 Å². The number of nitrogens with one attached hydrogen (secondary N) is 1. The predicted molar refractivity (Wildman–Crippen MR) is 47.7 cm³/mol. The quantitative estimate of drug-likeness (QED) is 0.749. The summed E-state index contributed by atoms with van der Waals surface area (Å²) in [5, 5.41) is 11.9. The molecule has 4 heteroatoms. The second kappa shape index (κ2) is 3.58. The van der Waals surface area contributed by atoms with Gasteiger partial charge in [-0.25, -0.2) is 4.98 Å². The van der Waals surface area contributed by atoms with Gasteiger partial charge in [0, 0.05) is 5.54 Å². The molecule has 1 rings (SSSR count). The molecule has 1 unspecified atom stereocenters. The molecule has 0 saturated heterocycles. The third kappa shape index (κ3) is 2.88. The fraction of sp³-hybridized carbons (Fsp3) is 0.556. The van der Waals surface area contributed by atoms with Gasteiger partial charge in [0.15, 0.2) is 6.04 Å². The molecule has 0 saturated carbocycles. The van der Waals surface area contributed by atoms with E-state index in [4.69, 9.17) is 9.68 Å². The first-order valence-corrected chi connectivity index (χ1v) is 4.09. The maximum absolute atomic E-state index is 8.85. The van der Waals surface area contributed by atoms with Gasteiger partial charge < -0.3 is 4.42 Å². The average molecular weight is 179 g/mol. The first-order chi connectivity index (χ1) is 6.03. The molecule has 0 radical (unpaired) electrons. The highest BCUT2D eigenvalue weighted by Crippen LogP contribution is 2.13. The zero-order valence-electron chi connectivity index (χ0n) is 8.03. The summed E-state index contributed by atoms with van der Waals surface area (Å²) >= 11 is 0. The molecule has 0 spiro atoms. The van der Waals surface area contributed by atoms with Crippen LogP contribution < -0.4 is 5.32 Å². The highest BCUT2D eigenvalue weighted by molar-refractivity contribution is 5.04. The van der Waals surface area contributed by atoms with Crippen molar-refractivity contribution >= 4 is 0 Å². The second-order valence-corrected chi connectivity index (χ2v) is 3.83. The molecule has 0 bridgehead atoms. The van der Waals surface area contributed by atoms with Crippen molar-refractivity contribution in [2.75, 3.05) is 0 Å². The van der Waals surface area contributed by atoms with E-state index in [2.05, 4.69) is 16.4 Å². The molecule has 70 valence electrons. The van der Waals surface area contributed by atoms with Crippen molar-refractivity contribution < 1.29 is 4.42 Å². The lowest BCUT2D eigenvalue weighted by molar-refractivity contribution is 0.354. The maximum atomic E-state index is 8.85. The normalized spacial score (nSPS) is 13.7. The fourth-order valence-corrected chi connectivity index (χ4v) is 0.959. The summed E-state index contributed by atoms with van der Waals surface area (Å²) in [5.74, 6) is 0.414. The molecule has 0 fully saturated rings.